The molecule has 1 unspecified atom stereocenters. The molecule has 0 saturated heterocycles. The number of aromatic nitrogens is 1. The molecule has 0 aliphatic rings. The van der Waals surface area contributed by atoms with Crippen molar-refractivity contribution in [3.8, 4) is 22.6 Å². The predicted octanol–water partition coefficient (Wildman–Crippen LogP) is 9.25. The van der Waals surface area contributed by atoms with Crippen molar-refractivity contribution < 1.29 is 9.47 Å². The van der Waals surface area contributed by atoms with Crippen molar-refractivity contribution in [2.75, 3.05) is 13.2 Å². The molecule has 0 spiro atoms. The fraction of sp³-hybridized carbons (Fsp3) is 0.633. The number of pyridine rings is 1. The normalized spacial score (nSPS) is 12.0. The Labute approximate surface area is 203 Å². The third-order valence-corrected chi connectivity index (χ3v) is 6.51. The van der Waals surface area contributed by atoms with Gasteiger partial charge in [-0.25, -0.2) is 0 Å². The lowest BCUT2D eigenvalue weighted by Crippen LogP contribution is -2.02. The molecule has 33 heavy (non-hydrogen) atoms. The number of benzene rings is 1. The summed E-state index contributed by atoms with van der Waals surface area (Å²) in [6.07, 6.45) is 20.3. The van der Waals surface area contributed by atoms with Crippen LogP contribution in [-0.4, -0.2) is 18.2 Å². The van der Waals surface area contributed by atoms with Crippen molar-refractivity contribution >= 4 is 0 Å². The van der Waals surface area contributed by atoms with Crippen LogP contribution >= 0.6 is 0 Å². The second-order valence-corrected chi connectivity index (χ2v) is 9.40. The van der Waals surface area contributed by atoms with Crippen LogP contribution in [0.4, 0.5) is 0 Å². The first-order chi connectivity index (χ1) is 16.3. The van der Waals surface area contributed by atoms with Crippen molar-refractivity contribution in [2.24, 2.45) is 5.92 Å². The van der Waals surface area contributed by atoms with Crippen molar-refractivity contribution in [1.82, 2.24) is 4.98 Å². The Bertz CT molecular complexity index is 746. The minimum atomic E-state index is 0.743. The van der Waals surface area contributed by atoms with Crippen LogP contribution in [0.1, 0.15) is 104 Å². The fourth-order valence-corrected chi connectivity index (χ4v) is 4.11. The number of unbranched alkanes of at least 4 members (excludes halogenated alkanes) is 9. The standard InChI is InChI=1S/C30H47NO2/c1-4-6-7-8-9-10-11-16-24-33-30-25-31-22-21-28(30)27-19-14-15-20-29(27)32-23-17-12-13-18-26(3)5-2/h14-15,19-22,25-26H,4-13,16-18,23-24H2,1-3H3. The summed E-state index contributed by atoms with van der Waals surface area (Å²) in [6, 6.07) is 10.3. The first-order valence-electron chi connectivity index (χ1n) is 13.5. The first-order valence-corrected chi connectivity index (χ1v) is 13.5. The number of ether oxygens (including phenoxy) is 2. The Hall–Kier alpha value is -2.03. The maximum atomic E-state index is 6.20. The highest BCUT2D eigenvalue weighted by Gasteiger charge is 2.12. The molecule has 3 heteroatoms. The lowest BCUT2D eigenvalue weighted by Gasteiger charge is -2.15. The highest BCUT2D eigenvalue weighted by atomic mass is 16.5. The Kier molecular flexibility index (Phi) is 14.4. The van der Waals surface area contributed by atoms with Gasteiger partial charge in [0.05, 0.1) is 19.4 Å². The molecular weight excluding hydrogens is 406 g/mol. The van der Waals surface area contributed by atoms with Crippen LogP contribution in [0.15, 0.2) is 42.7 Å². The van der Waals surface area contributed by atoms with Crippen LogP contribution in [0.3, 0.4) is 0 Å². The summed E-state index contributed by atoms with van der Waals surface area (Å²) < 4.78 is 12.4. The molecule has 0 aliphatic heterocycles. The molecule has 1 atom stereocenters. The molecule has 0 amide bonds. The van der Waals surface area contributed by atoms with Gasteiger partial charge in [0, 0.05) is 17.3 Å². The summed E-state index contributed by atoms with van der Waals surface area (Å²) in [5.41, 5.74) is 2.15. The summed E-state index contributed by atoms with van der Waals surface area (Å²) in [5, 5.41) is 0. The van der Waals surface area contributed by atoms with E-state index in [4.69, 9.17) is 9.47 Å². The van der Waals surface area contributed by atoms with Gasteiger partial charge in [-0.15, -0.1) is 0 Å². The van der Waals surface area contributed by atoms with E-state index < -0.39 is 0 Å². The minimum absolute atomic E-state index is 0.743. The molecule has 2 rings (SSSR count). The van der Waals surface area contributed by atoms with Gasteiger partial charge in [-0.05, 0) is 30.9 Å². The number of rotatable bonds is 19. The first kappa shape index (κ1) is 27.2. The van der Waals surface area contributed by atoms with Crippen molar-refractivity contribution in [3.05, 3.63) is 42.7 Å². The quantitative estimate of drug-likeness (QED) is 0.199. The maximum Gasteiger partial charge on any atom is 0.145 e. The SMILES string of the molecule is CCCCCCCCCCOc1cnccc1-c1ccccc1OCCCCCC(C)CC. The van der Waals surface area contributed by atoms with E-state index >= 15 is 0 Å². The topological polar surface area (TPSA) is 31.4 Å². The van der Waals surface area contributed by atoms with Crippen LogP contribution in [0, 0.1) is 5.92 Å². The lowest BCUT2D eigenvalue weighted by atomic mass is 10.0. The van der Waals surface area contributed by atoms with Crippen LogP contribution in [-0.2, 0) is 0 Å². The highest BCUT2D eigenvalue weighted by Crippen LogP contribution is 2.36. The average Bonchev–Trinajstić information content (AvgIpc) is 2.85. The molecule has 0 bridgehead atoms. The highest BCUT2D eigenvalue weighted by molar-refractivity contribution is 5.75. The number of para-hydroxylation sites is 1. The molecule has 0 aliphatic carbocycles. The molecule has 0 fully saturated rings. The predicted molar refractivity (Wildman–Crippen MR) is 141 cm³/mol. The van der Waals surface area contributed by atoms with Crippen molar-refractivity contribution in [3.63, 3.8) is 0 Å². The van der Waals surface area contributed by atoms with Gasteiger partial charge in [-0.3, -0.25) is 4.98 Å². The molecule has 0 N–H and O–H groups in total. The van der Waals surface area contributed by atoms with Gasteiger partial charge in [-0.1, -0.05) is 110 Å². The van der Waals surface area contributed by atoms with E-state index in [1.807, 2.05) is 24.5 Å². The fourth-order valence-electron chi connectivity index (χ4n) is 4.11. The van der Waals surface area contributed by atoms with E-state index in [0.717, 1.165) is 54.6 Å². The second-order valence-electron chi connectivity index (χ2n) is 9.40. The Balaban J connectivity index is 1.80. The minimum Gasteiger partial charge on any atom is -0.493 e. The third-order valence-electron chi connectivity index (χ3n) is 6.51. The van der Waals surface area contributed by atoms with Crippen LogP contribution in [0.25, 0.3) is 11.1 Å². The smallest absolute Gasteiger partial charge is 0.145 e. The van der Waals surface area contributed by atoms with Crippen molar-refractivity contribution in [2.45, 2.75) is 104 Å². The summed E-state index contributed by atoms with van der Waals surface area (Å²) >= 11 is 0. The zero-order valence-corrected chi connectivity index (χ0v) is 21.5. The summed E-state index contributed by atoms with van der Waals surface area (Å²) in [4.78, 5) is 4.31. The number of nitrogens with zero attached hydrogens (tertiary/aromatic N) is 1. The van der Waals surface area contributed by atoms with Gasteiger partial charge in [0.1, 0.15) is 11.5 Å². The monoisotopic (exact) mass is 453 g/mol. The molecule has 1 aromatic carbocycles. The van der Waals surface area contributed by atoms with E-state index in [-0.39, 0.29) is 0 Å². The van der Waals surface area contributed by atoms with Crippen LogP contribution < -0.4 is 9.47 Å². The number of hydrogen-bond acceptors (Lipinski definition) is 3. The average molecular weight is 454 g/mol. The second kappa shape index (κ2) is 17.4. The van der Waals surface area contributed by atoms with Gasteiger partial charge in [0.25, 0.3) is 0 Å². The van der Waals surface area contributed by atoms with Crippen molar-refractivity contribution in [1.29, 1.82) is 0 Å². The van der Waals surface area contributed by atoms with E-state index in [1.54, 1.807) is 0 Å². The molecule has 3 nitrogen and oxygen atoms in total. The molecular formula is C30H47NO2. The molecule has 2 aromatic rings. The third kappa shape index (κ3) is 11.1. The van der Waals surface area contributed by atoms with Gasteiger partial charge in [-0.2, -0.15) is 0 Å². The van der Waals surface area contributed by atoms with E-state index in [9.17, 15) is 0 Å². The zero-order valence-electron chi connectivity index (χ0n) is 21.5. The summed E-state index contributed by atoms with van der Waals surface area (Å²) in [6.45, 7) is 8.39. The Morgan fingerprint density at radius 3 is 2.03 bits per heavy atom. The zero-order chi connectivity index (χ0) is 23.6. The van der Waals surface area contributed by atoms with Gasteiger partial charge < -0.3 is 9.47 Å². The largest absolute Gasteiger partial charge is 0.493 e. The van der Waals surface area contributed by atoms with Crippen LogP contribution in [0.2, 0.25) is 0 Å². The summed E-state index contributed by atoms with van der Waals surface area (Å²) in [7, 11) is 0. The maximum absolute atomic E-state index is 6.20. The summed E-state index contributed by atoms with van der Waals surface area (Å²) in [5.74, 6) is 2.62. The van der Waals surface area contributed by atoms with Gasteiger partial charge in [0.15, 0.2) is 0 Å². The van der Waals surface area contributed by atoms with Gasteiger partial charge in [0.2, 0.25) is 0 Å². The molecule has 184 valence electrons. The van der Waals surface area contributed by atoms with E-state index in [0.29, 0.717) is 0 Å². The molecule has 0 saturated carbocycles. The molecule has 0 radical (unpaired) electrons. The Morgan fingerprint density at radius 1 is 0.697 bits per heavy atom. The molecule has 1 aromatic heterocycles. The van der Waals surface area contributed by atoms with Gasteiger partial charge >= 0.3 is 0 Å². The van der Waals surface area contributed by atoms with E-state index in [2.05, 4.69) is 44.0 Å². The number of hydrogen-bond donors (Lipinski definition) is 0. The van der Waals surface area contributed by atoms with Crippen LogP contribution in [0.5, 0.6) is 11.5 Å². The lowest BCUT2D eigenvalue weighted by molar-refractivity contribution is 0.299. The Morgan fingerprint density at radius 2 is 1.30 bits per heavy atom. The molecule has 1 heterocycles. The van der Waals surface area contributed by atoms with E-state index in [1.165, 1.54) is 70.6 Å².